The van der Waals surface area contributed by atoms with Crippen LogP contribution in [0.4, 0.5) is 0 Å². The molecule has 0 aliphatic carbocycles. The second kappa shape index (κ2) is 7.25. The van der Waals surface area contributed by atoms with Crippen LogP contribution in [-0.2, 0) is 4.79 Å². The first-order valence-electron chi connectivity index (χ1n) is 5.19. The van der Waals surface area contributed by atoms with Gasteiger partial charge in [-0.15, -0.1) is 12.4 Å². The van der Waals surface area contributed by atoms with Crippen LogP contribution in [0.3, 0.4) is 0 Å². The van der Waals surface area contributed by atoms with E-state index < -0.39 is 0 Å². The molecule has 0 heterocycles. The van der Waals surface area contributed by atoms with Gasteiger partial charge in [-0.1, -0.05) is 30.3 Å². The molecule has 1 amide bonds. The molecule has 0 bridgehead atoms. The summed E-state index contributed by atoms with van der Waals surface area (Å²) in [4.78, 5) is 13.3. The number of rotatable bonds is 4. The lowest BCUT2D eigenvalue weighted by atomic mass is 10.0. The molecular formula is C12H19ClN2O. The van der Waals surface area contributed by atoms with Crippen LogP contribution in [0.15, 0.2) is 30.3 Å². The normalized spacial score (nSPS) is 11.4. The summed E-state index contributed by atoms with van der Waals surface area (Å²) in [6.45, 7) is 2.67. The van der Waals surface area contributed by atoms with Crippen LogP contribution in [-0.4, -0.2) is 24.4 Å². The second-order valence-corrected chi connectivity index (χ2v) is 3.63. The molecule has 0 spiro atoms. The average molecular weight is 243 g/mol. The van der Waals surface area contributed by atoms with Crippen LogP contribution in [0.5, 0.6) is 0 Å². The maximum absolute atomic E-state index is 11.6. The summed E-state index contributed by atoms with van der Waals surface area (Å²) in [7, 11) is 1.79. The molecule has 1 rings (SSSR count). The van der Waals surface area contributed by atoms with Gasteiger partial charge in [0.05, 0.1) is 0 Å². The van der Waals surface area contributed by atoms with E-state index >= 15 is 0 Å². The van der Waals surface area contributed by atoms with Crippen molar-refractivity contribution >= 4 is 18.3 Å². The third-order valence-corrected chi connectivity index (χ3v) is 2.52. The summed E-state index contributed by atoms with van der Waals surface area (Å²) in [6, 6.07) is 9.50. The highest BCUT2D eigenvalue weighted by atomic mass is 35.5. The Morgan fingerprint density at radius 2 is 1.94 bits per heavy atom. The molecule has 0 aliphatic rings. The number of hydrogen-bond acceptors (Lipinski definition) is 2. The molecule has 1 atom stereocenters. The number of nitrogens with two attached hydrogens (primary N) is 1. The Morgan fingerprint density at radius 1 is 1.38 bits per heavy atom. The molecule has 0 saturated heterocycles. The maximum Gasteiger partial charge on any atom is 0.224 e. The van der Waals surface area contributed by atoms with Crippen molar-refractivity contribution in [3.63, 3.8) is 0 Å². The highest BCUT2D eigenvalue weighted by Crippen LogP contribution is 2.13. The number of halogens is 1. The highest BCUT2D eigenvalue weighted by Gasteiger charge is 2.13. The lowest BCUT2D eigenvalue weighted by Crippen LogP contribution is -2.29. The average Bonchev–Trinajstić information content (AvgIpc) is 2.29. The number of hydrogen-bond donors (Lipinski definition) is 1. The fourth-order valence-corrected chi connectivity index (χ4v) is 1.34. The quantitative estimate of drug-likeness (QED) is 0.878. The van der Waals surface area contributed by atoms with E-state index in [1.165, 1.54) is 0 Å². The van der Waals surface area contributed by atoms with Gasteiger partial charge in [-0.2, -0.15) is 0 Å². The highest BCUT2D eigenvalue weighted by molar-refractivity contribution is 5.85. The zero-order valence-corrected chi connectivity index (χ0v) is 10.5. The van der Waals surface area contributed by atoms with Crippen molar-refractivity contribution in [3.8, 4) is 0 Å². The van der Waals surface area contributed by atoms with Gasteiger partial charge in [0.1, 0.15) is 0 Å². The fraction of sp³-hybridized carbons (Fsp3) is 0.417. The van der Waals surface area contributed by atoms with Crippen molar-refractivity contribution in [2.75, 3.05) is 13.6 Å². The summed E-state index contributed by atoms with van der Waals surface area (Å²) in [5, 5.41) is 0. The molecule has 4 heteroatoms. The van der Waals surface area contributed by atoms with Crippen molar-refractivity contribution in [2.45, 2.75) is 19.4 Å². The van der Waals surface area contributed by atoms with Gasteiger partial charge >= 0.3 is 0 Å². The van der Waals surface area contributed by atoms with E-state index in [1.54, 1.807) is 11.9 Å². The van der Waals surface area contributed by atoms with E-state index in [9.17, 15) is 4.79 Å². The van der Waals surface area contributed by atoms with E-state index in [-0.39, 0.29) is 24.4 Å². The van der Waals surface area contributed by atoms with E-state index in [0.29, 0.717) is 6.42 Å². The van der Waals surface area contributed by atoms with Crippen LogP contribution in [0.2, 0.25) is 0 Å². The zero-order chi connectivity index (χ0) is 11.3. The fourth-order valence-electron chi connectivity index (χ4n) is 1.34. The van der Waals surface area contributed by atoms with Gasteiger partial charge in [0.2, 0.25) is 5.91 Å². The van der Waals surface area contributed by atoms with Gasteiger partial charge < -0.3 is 10.6 Å². The summed E-state index contributed by atoms with van der Waals surface area (Å²) in [5.74, 6) is 0.0915. The molecule has 1 unspecified atom stereocenters. The number of nitrogens with zero attached hydrogens (tertiary/aromatic N) is 1. The number of carbonyl (C=O) groups is 1. The smallest absolute Gasteiger partial charge is 0.224 e. The molecule has 90 valence electrons. The molecular weight excluding hydrogens is 224 g/mol. The van der Waals surface area contributed by atoms with E-state index in [1.807, 2.05) is 37.3 Å². The van der Waals surface area contributed by atoms with Gasteiger partial charge in [0.15, 0.2) is 0 Å². The van der Waals surface area contributed by atoms with Crippen molar-refractivity contribution in [1.29, 1.82) is 0 Å². The topological polar surface area (TPSA) is 46.3 Å². The molecule has 0 radical (unpaired) electrons. The largest absolute Gasteiger partial charge is 0.346 e. The van der Waals surface area contributed by atoms with E-state index in [0.717, 1.165) is 12.1 Å². The van der Waals surface area contributed by atoms with E-state index in [4.69, 9.17) is 5.73 Å². The molecule has 3 nitrogen and oxygen atoms in total. The predicted molar refractivity (Wildman–Crippen MR) is 68.5 cm³/mol. The number of carbonyl (C=O) groups excluding carboxylic acids is 1. The Kier molecular flexibility index (Phi) is 6.77. The van der Waals surface area contributed by atoms with Gasteiger partial charge in [-0.3, -0.25) is 4.79 Å². The van der Waals surface area contributed by atoms with Crippen molar-refractivity contribution < 1.29 is 4.79 Å². The zero-order valence-electron chi connectivity index (χ0n) is 9.72. The molecule has 0 aromatic heterocycles. The van der Waals surface area contributed by atoms with Crippen LogP contribution < -0.4 is 5.73 Å². The minimum atomic E-state index is -0.201. The van der Waals surface area contributed by atoms with Gasteiger partial charge in [0, 0.05) is 26.1 Å². The van der Waals surface area contributed by atoms with Crippen LogP contribution in [0.1, 0.15) is 24.9 Å². The summed E-state index contributed by atoms with van der Waals surface area (Å²) in [6.07, 6.45) is 0.369. The van der Waals surface area contributed by atoms with Crippen molar-refractivity contribution in [1.82, 2.24) is 4.90 Å². The molecule has 2 N–H and O–H groups in total. The van der Waals surface area contributed by atoms with Crippen LogP contribution in [0, 0.1) is 0 Å². The monoisotopic (exact) mass is 242 g/mol. The first-order chi connectivity index (χ1) is 7.15. The molecule has 1 aromatic rings. The molecule has 16 heavy (non-hydrogen) atoms. The Labute approximate surface area is 103 Å². The maximum atomic E-state index is 11.6. The first kappa shape index (κ1) is 14.9. The van der Waals surface area contributed by atoms with Crippen molar-refractivity contribution in [3.05, 3.63) is 35.9 Å². The number of amides is 1. The summed E-state index contributed by atoms with van der Waals surface area (Å²) in [5.41, 5.74) is 6.95. The molecule has 0 fully saturated rings. The second-order valence-electron chi connectivity index (χ2n) is 3.63. The predicted octanol–water partition coefficient (Wildman–Crippen LogP) is 1.98. The lowest BCUT2D eigenvalue weighted by Gasteiger charge is -2.17. The minimum absolute atomic E-state index is 0. The van der Waals surface area contributed by atoms with Gasteiger partial charge in [-0.05, 0) is 12.5 Å². The van der Waals surface area contributed by atoms with Gasteiger partial charge in [-0.25, -0.2) is 0 Å². The molecule has 1 aromatic carbocycles. The van der Waals surface area contributed by atoms with Crippen LogP contribution in [0.25, 0.3) is 0 Å². The summed E-state index contributed by atoms with van der Waals surface area (Å²) < 4.78 is 0. The Morgan fingerprint density at radius 3 is 2.44 bits per heavy atom. The third-order valence-electron chi connectivity index (χ3n) is 2.52. The van der Waals surface area contributed by atoms with Crippen molar-refractivity contribution in [2.24, 2.45) is 5.73 Å². The Bertz CT molecular complexity index is 316. The third kappa shape index (κ3) is 4.21. The SMILES string of the molecule is CCN(C)C(=O)CC(N)c1ccccc1.Cl. The van der Waals surface area contributed by atoms with Gasteiger partial charge in [0.25, 0.3) is 0 Å². The van der Waals surface area contributed by atoms with E-state index in [2.05, 4.69) is 0 Å². The number of benzene rings is 1. The van der Waals surface area contributed by atoms with Crippen LogP contribution >= 0.6 is 12.4 Å². The molecule has 0 saturated carbocycles. The summed E-state index contributed by atoms with van der Waals surface area (Å²) >= 11 is 0. The lowest BCUT2D eigenvalue weighted by molar-refractivity contribution is -0.130. The minimum Gasteiger partial charge on any atom is -0.346 e. The molecule has 0 aliphatic heterocycles. The Balaban J connectivity index is 0.00000225. The standard InChI is InChI=1S/C12H18N2O.ClH/c1-3-14(2)12(15)9-11(13)10-7-5-4-6-8-10;/h4-8,11H,3,9,13H2,1-2H3;1H. The first-order valence-corrected chi connectivity index (χ1v) is 5.19. The Hall–Kier alpha value is -1.06.